The Bertz CT molecular complexity index is 260. The summed E-state index contributed by atoms with van der Waals surface area (Å²) in [5.41, 5.74) is 1.23. The third kappa shape index (κ3) is 5.54. The fraction of sp³-hybridized carbons (Fsp3) is 0.727. The van der Waals surface area contributed by atoms with Gasteiger partial charge in [-0.2, -0.15) is 5.10 Å². The molecule has 0 unspecified atom stereocenters. The Kier molecular flexibility index (Phi) is 6.04. The van der Waals surface area contributed by atoms with E-state index in [1.54, 1.807) is 0 Å². The van der Waals surface area contributed by atoms with Crippen molar-refractivity contribution in [2.24, 2.45) is 7.05 Å². The SMILES string of the molecule is Cn1cc(CNCCCCCCO)cn1. The lowest BCUT2D eigenvalue weighted by molar-refractivity contribution is 0.282. The molecule has 4 nitrogen and oxygen atoms in total. The van der Waals surface area contributed by atoms with E-state index in [1.807, 2.05) is 24.1 Å². The van der Waals surface area contributed by atoms with Gasteiger partial charge in [-0.25, -0.2) is 0 Å². The molecule has 0 spiro atoms. The normalized spacial score (nSPS) is 10.8. The molecule has 0 amide bonds. The average Bonchev–Trinajstić information content (AvgIpc) is 2.63. The Hall–Kier alpha value is -0.870. The van der Waals surface area contributed by atoms with E-state index in [1.165, 1.54) is 18.4 Å². The van der Waals surface area contributed by atoms with Crippen LogP contribution in [-0.2, 0) is 13.6 Å². The van der Waals surface area contributed by atoms with Gasteiger partial charge in [0.2, 0.25) is 0 Å². The smallest absolute Gasteiger partial charge is 0.0534 e. The molecule has 1 aromatic heterocycles. The molecule has 0 fully saturated rings. The van der Waals surface area contributed by atoms with Crippen LogP contribution in [0, 0.1) is 0 Å². The van der Waals surface area contributed by atoms with Gasteiger partial charge < -0.3 is 10.4 Å². The Morgan fingerprint density at radius 1 is 1.33 bits per heavy atom. The highest BCUT2D eigenvalue weighted by molar-refractivity contribution is 5.02. The van der Waals surface area contributed by atoms with Crippen LogP contribution in [0.25, 0.3) is 0 Å². The number of aromatic nitrogens is 2. The number of aryl methyl sites for hydroxylation is 1. The molecular weight excluding hydrogens is 190 g/mol. The van der Waals surface area contributed by atoms with Gasteiger partial charge in [0.15, 0.2) is 0 Å². The summed E-state index contributed by atoms with van der Waals surface area (Å²) in [7, 11) is 1.93. The molecule has 0 bridgehead atoms. The number of aliphatic hydroxyl groups is 1. The summed E-state index contributed by atoms with van der Waals surface area (Å²) < 4.78 is 1.82. The van der Waals surface area contributed by atoms with E-state index >= 15 is 0 Å². The van der Waals surface area contributed by atoms with Crippen molar-refractivity contribution in [3.05, 3.63) is 18.0 Å². The Labute approximate surface area is 91.3 Å². The van der Waals surface area contributed by atoms with E-state index in [2.05, 4.69) is 10.4 Å². The first-order chi connectivity index (χ1) is 7.33. The Morgan fingerprint density at radius 2 is 2.13 bits per heavy atom. The van der Waals surface area contributed by atoms with E-state index < -0.39 is 0 Å². The van der Waals surface area contributed by atoms with Gasteiger partial charge in [0.05, 0.1) is 6.20 Å². The van der Waals surface area contributed by atoms with Crippen LogP contribution in [0.1, 0.15) is 31.2 Å². The van der Waals surface area contributed by atoms with E-state index in [-0.39, 0.29) is 0 Å². The van der Waals surface area contributed by atoms with Crippen molar-refractivity contribution in [1.82, 2.24) is 15.1 Å². The molecule has 0 aliphatic heterocycles. The number of rotatable bonds is 8. The summed E-state index contributed by atoms with van der Waals surface area (Å²) in [4.78, 5) is 0. The summed E-state index contributed by atoms with van der Waals surface area (Å²) >= 11 is 0. The fourth-order valence-electron chi connectivity index (χ4n) is 1.51. The number of nitrogens with one attached hydrogen (secondary N) is 1. The highest BCUT2D eigenvalue weighted by Gasteiger charge is 1.94. The minimum Gasteiger partial charge on any atom is -0.396 e. The van der Waals surface area contributed by atoms with E-state index in [4.69, 9.17) is 5.11 Å². The van der Waals surface area contributed by atoms with Gasteiger partial charge in [0, 0.05) is 32.0 Å². The minimum atomic E-state index is 0.323. The molecule has 4 heteroatoms. The second-order valence-corrected chi connectivity index (χ2v) is 3.84. The molecule has 2 N–H and O–H groups in total. The number of nitrogens with zero attached hydrogens (tertiary/aromatic N) is 2. The zero-order valence-corrected chi connectivity index (χ0v) is 9.45. The van der Waals surface area contributed by atoms with Gasteiger partial charge in [-0.1, -0.05) is 12.8 Å². The highest BCUT2D eigenvalue weighted by atomic mass is 16.2. The number of hydrogen-bond donors (Lipinski definition) is 2. The van der Waals surface area contributed by atoms with Crippen LogP contribution < -0.4 is 5.32 Å². The topological polar surface area (TPSA) is 50.1 Å². The second kappa shape index (κ2) is 7.43. The summed E-state index contributed by atoms with van der Waals surface area (Å²) in [5.74, 6) is 0. The zero-order valence-electron chi connectivity index (χ0n) is 9.45. The van der Waals surface area contributed by atoms with Gasteiger partial charge in [-0.05, 0) is 19.4 Å². The largest absolute Gasteiger partial charge is 0.396 e. The van der Waals surface area contributed by atoms with E-state index in [0.29, 0.717) is 6.61 Å². The van der Waals surface area contributed by atoms with Crippen molar-refractivity contribution in [3.63, 3.8) is 0 Å². The highest BCUT2D eigenvalue weighted by Crippen LogP contribution is 1.99. The molecule has 0 atom stereocenters. The quantitative estimate of drug-likeness (QED) is 0.632. The standard InChI is InChI=1S/C11H21N3O/c1-14-10-11(9-13-14)8-12-6-4-2-3-5-7-15/h9-10,12,15H,2-8H2,1H3. The van der Waals surface area contributed by atoms with Gasteiger partial charge in [0.1, 0.15) is 0 Å². The summed E-state index contributed by atoms with van der Waals surface area (Å²) in [5, 5.41) is 16.1. The van der Waals surface area contributed by atoms with Crippen molar-refractivity contribution in [2.75, 3.05) is 13.2 Å². The molecule has 0 radical (unpaired) electrons. The number of aliphatic hydroxyl groups excluding tert-OH is 1. The lowest BCUT2D eigenvalue weighted by Gasteiger charge is -2.02. The number of unbranched alkanes of at least 4 members (excludes halogenated alkanes) is 3. The third-order valence-electron chi connectivity index (χ3n) is 2.35. The molecule has 0 saturated heterocycles. The first-order valence-electron chi connectivity index (χ1n) is 5.62. The monoisotopic (exact) mass is 211 g/mol. The maximum Gasteiger partial charge on any atom is 0.0534 e. The van der Waals surface area contributed by atoms with Crippen molar-refractivity contribution >= 4 is 0 Å². The molecule has 0 aliphatic rings. The summed E-state index contributed by atoms with van der Waals surface area (Å²) in [6, 6.07) is 0. The first-order valence-corrected chi connectivity index (χ1v) is 5.62. The number of hydrogen-bond acceptors (Lipinski definition) is 3. The van der Waals surface area contributed by atoms with Crippen LogP contribution in [0.4, 0.5) is 0 Å². The van der Waals surface area contributed by atoms with Gasteiger partial charge in [-0.3, -0.25) is 4.68 Å². The van der Waals surface area contributed by atoms with Gasteiger partial charge >= 0.3 is 0 Å². The molecule has 15 heavy (non-hydrogen) atoms. The van der Waals surface area contributed by atoms with E-state index in [9.17, 15) is 0 Å². The van der Waals surface area contributed by atoms with Gasteiger partial charge in [-0.15, -0.1) is 0 Å². The van der Waals surface area contributed by atoms with Gasteiger partial charge in [0.25, 0.3) is 0 Å². The molecular formula is C11H21N3O. The van der Waals surface area contributed by atoms with Crippen LogP contribution in [0.3, 0.4) is 0 Å². The average molecular weight is 211 g/mol. The maximum atomic E-state index is 8.60. The van der Waals surface area contributed by atoms with Crippen LogP contribution in [-0.4, -0.2) is 28.0 Å². The molecule has 1 rings (SSSR count). The predicted octanol–water partition coefficient (Wildman–Crippen LogP) is 1.06. The molecule has 86 valence electrons. The molecule has 0 aromatic carbocycles. The second-order valence-electron chi connectivity index (χ2n) is 3.84. The maximum absolute atomic E-state index is 8.60. The molecule has 0 aliphatic carbocycles. The van der Waals surface area contributed by atoms with Crippen molar-refractivity contribution in [1.29, 1.82) is 0 Å². The Balaban J connectivity index is 1.93. The predicted molar refractivity (Wildman–Crippen MR) is 60.5 cm³/mol. The van der Waals surface area contributed by atoms with Crippen molar-refractivity contribution < 1.29 is 5.11 Å². The van der Waals surface area contributed by atoms with Crippen molar-refractivity contribution in [3.8, 4) is 0 Å². The summed E-state index contributed by atoms with van der Waals surface area (Å²) in [6.45, 7) is 2.26. The van der Waals surface area contributed by atoms with E-state index in [0.717, 1.165) is 25.9 Å². The van der Waals surface area contributed by atoms with Crippen LogP contribution >= 0.6 is 0 Å². The zero-order chi connectivity index (χ0) is 10.9. The van der Waals surface area contributed by atoms with Crippen LogP contribution in [0.2, 0.25) is 0 Å². The molecule has 1 heterocycles. The molecule has 1 aromatic rings. The fourth-order valence-corrected chi connectivity index (χ4v) is 1.51. The third-order valence-corrected chi connectivity index (χ3v) is 2.35. The minimum absolute atomic E-state index is 0.323. The van der Waals surface area contributed by atoms with Crippen LogP contribution in [0.15, 0.2) is 12.4 Å². The Morgan fingerprint density at radius 3 is 2.80 bits per heavy atom. The van der Waals surface area contributed by atoms with Crippen LogP contribution in [0.5, 0.6) is 0 Å². The lowest BCUT2D eigenvalue weighted by atomic mass is 10.2. The summed E-state index contributed by atoms with van der Waals surface area (Å²) in [6.07, 6.45) is 8.35. The lowest BCUT2D eigenvalue weighted by Crippen LogP contribution is -2.14. The first kappa shape index (κ1) is 12.2. The van der Waals surface area contributed by atoms with Crippen molar-refractivity contribution in [2.45, 2.75) is 32.2 Å². The molecule has 0 saturated carbocycles.